The first-order chi connectivity index (χ1) is 6.02. The molecule has 0 aliphatic carbocycles. The Balaban J connectivity index is 3.08. The lowest BCUT2D eigenvalue weighted by molar-refractivity contribution is -0.116. The van der Waals surface area contributed by atoms with Gasteiger partial charge in [-0.2, -0.15) is 0 Å². The van der Waals surface area contributed by atoms with Crippen molar-refractivity contribution in [2.24, 2.45) is 0 Å². The van der Waals surface area contributed by atoms with Gasteiger partial charge in [-0.15, -0.1) is 11.6 Å². The maximum absolute atomic E-state index is 11.0. The molecule has 3 heteroatoms. The van der Waals surface area contributed by atoms with Crippen LogP contribution in [0.25, 0.3) is 0 Å². The zero-order valence-electron chi connectivity index (χ0n) is 7.47. The first-order valence-corrected chi connectivity index (χ1v) is 4.74. The van der Waals surface area contributed by atoms with Gasteiger partial charge >= 0.3 is 0 Å². The fourth-order valence-electron chi connectivity index (χ4n) is 1.06. The van der Waals surface area contributed by atoms with Crippen molar-refractivity contribution in [2.45, 2.75) is 19.2 Å². The second kappa shape index (κ2) is 4.12. The highest BCUT2D eigenvalue weighted by atomic mass is 35.5. The fraction of sp³-hybridized carbons (Fsp3) is 0.300. The largest absolute Gasteiger partial charge is 0.298 e. The van der Waals surface area contributed by atoms with Crippen LogP contribution >= 0.6 is 23.2 Å². The number of aryl methyl sites for hydroxylation is 1. The van der Waals surface area contributed by atoms with Gasteiger partial charge in [-0.05, 0) is 31.0 Å². The minimum atomic E-state index is -0.631. The molecule has 70 valence electrons. The number of halogens is 2. The summed E-state index contributed by atoms with van der Waals surface area (Å²) >= 11 is 11.8. The Morgan fingerprint density at radius 1 is 1.46 bits per heavy atom. The van der Waals surface area contributed by atoms with E-state index in [1.807, 2.05) is 13.0 Å². The second-order valence-electron chi connectivity index (χ2n) is 3.00. The maximum atomic E-state index is 11.0. The molecule has 1 rings (SSSR count). The second-order valence-corrected chi connectivity index (χ2v) is 3.84. The molecule has 0 aliphatic rings. The predicted octanol–water partition coefficient (Wildman–Crippen LogP) is 3.52. The highest BCUT2D eigenvalue weighted by molar-refractivity contribution is 6.35. The summed E-state index contributed by atoms with van der Waals surface area (Å²) in [7, 11) is 0. The number of Topliss-reactive ketones (excluding diaryl/α,β-unsaturated/α-hetero) is 1. The molecule has 1 nitrogen and oxygen atoms in total. The van der Waals surface area contributed by atoms with Gasteiger partial charge < -0.3 is 0 Å². The molecule has 1 unspecified atom stereocenters. The van der Waals surface area contributed by atoms with Crippen molar-refractivity contribution >= 4 is 29.0 Å². The van der Waals surface area contributed by atoms with E-state index in [1.54, 1.807) is 12.1 Å². The van der Waals surface area contributed by atoms with Crippen molar-refractivity contribution in [3.63, 3.8) is 0 Å². The third-order valence-electron chi connectivity index (χ3n) is 1.79. The molecule has 0 fully saturated rings. The quantitative estimate of drug-likeness (QED) is 0.692. The first-order valence-electron chi connectivity index (χ1n) is 3.93. The molecule has 1 atom stereocenters. The van der Waals surface area contributed by atoms with E-state index < -0.39 is 5.38 Å². The Bertz CT molecular complexity index is 334. The van der Waals surface area contributed by atoms with Gasteiger partial charge in [0, 0.05) is 5.02 Å². The number of hydrogen-bond acceptors (Lipinski definition) is 1. The van der Waals surface area contributed by atoms with Crippen molar-refractivity contribution in [1.82, 2.24) is 0 Å². The molecular weight excluding hydrogens is 207 g/mol. The van der Waals surface area contributed by atoms with E-state index in [2.05, 4.69) is 0 Å². The first kappa shape index (κ1) is 10.6. The summed E-state index contributed by atoms with van der Waals surface area (Å²) < 4.78 is 0. The molecule has 0 bridgehead atoms. The molecule has 0 aromatic heterocycles. The predicted molar refractivity (Wildman–Crippen MR) is 55.5 cm³/mol. The van der Waals surface area contributed by atoms with Gasteiger partial charge in [0.05, 0.1) is 0 Å². The fourth-order valence-corrected chi connectivity index (χ4v) is 1.65. The van der Waals surface area contributed by atoms with Crippen LogP contribution in [0, 0.1) is 6.92 Å². The third kappa shape index (κ3) is 2.45. The minimum absolute atomic E-state index is 0.0904. The van der Waals surface area contributed by atoms with Crippen LogP contribution in [-0.4, -0.2) is 5.78 Å². The normalized spacial score (nSPS) is 12.6. The zero-order valence-corrected chi connectivity index (χ0v) is 8.99. The number of ketones is 1. The van der Waals surface area contributed by atoms with E-state index in [1.165, 1.54) is 6.92 Å². The van der Waals surface area contributed by atoms with Gasteiger partial charge in [0.25, 0.3) is 0 Å². The van der Waals surface area contributed by atoms with Gasteiger partial charge in [-0.25, -0.2) is 0 Å². The van der Waals surface area contributed by atoms with Gasteiger partial charge in [0.15, 0.2) is 5.78 Å². The lowest BCUT2D eigenvalue weighted by Gasteiger charge is -2.08. The maximum Gasteiger partial charge on any atom is 0.152 e. The van der Waals surface area contributed by atoms with Gasteiger partial charge in [-0.3, -0.25) is 4.79 Å². The number of hydrogen-bond donors (Lipinski definition) is 0. The zero-order chi connectivity index (χ0) is 10.0. The summed E-state index contributed by atoms with van der Waals surface area (Å²) in [5.74, 6) is -0.0904. The van der Waals surface area contributed by atoms with E-state index in [0.717, 1.165) is 5.56 Å². The number of alkyl halides is 1. The molecule has 0 amide bonds. The average molecular weight is 217 g/mol. The van der Waals surface area contributed by atoms with Crippen LogP contribution in [0.2, 0.25) is 5.02 Å². The lowest BCUT2D eigenvalue weighted by atomic mass is 10.1. The van der Waals surface area contributed by atoms with Gasteiger partial charge in [-0.1, -0.05) is 23.7 Å². The molecule has 1 aromatic carbocycles. The number of carbonyl (C=O) groups excluding carboxylic acids is 1. The number of rotatable bonds is 2. The molecule has 0 aliphatic heterocycles. The average Bonchev–Trinajstić information content (AvgIpc) is 2.03. The van der Waals surface area contributed by atoms with Crippen molar-refractivity contribution in [3.05, 3.63) is 34.3 Å². The smallest absolute Gasteiger partial charge is 0.152 e. The van der Waals surface area contributed by atoms with Crippen LogP contribution in [0.15, 0.2) is 18.2 Å². The van der Waals surface area contributed by atoms with E-state index >= 15 is 0 Å². The Kier molecular flexibility index (Phi) is 3.34. The third-order valence-corrected chi connectivity index (χ3v) is 2.66. The number of benzene rings is 1. The molecule has 1 aromatic rings. The topological polar surface area (TPSA) is 17.1 Å². The Morgan fingerprint density at radius 2 is 2.08 bits per heavy atom. The lowest BCUT2D eigenvalue weighted by Crippen LogP contribution is -2.02. The van der Waals surface area contributed by atoms with Crippen LogP contribution in [0.1, 0.15) is 23.4 Å². The Labute approximate surface area is 87.7 Å². The summed E-state index contributed by atoms with van der Waals surface area (Å²) in [6.07, 6.45) is 0. The summed E-state index contributed by atoms with van der Waals surface area (Å²) in [6, 6.07) is 5.48. The highest BCUT2D eigenvalue weighted by Gasteiger charge is 2.15. The number of carbonyl (C=O) groups is 1. The minimum Gasteiger partial charge on any atom is -0.298 e. The summed E-state index contributed by atoms with van der Waals surface area (Å²) in [5, 5.41) is -0.0803. The molecule has 0 N–H and O–H groups in total. The SMILES string of the molecule is CC(=O)C(Cl)c1ccc(C)cc1Cl. The molecule has 13 heavy (non-hydrogen) atoms. The summed E-state index contributed by atoms with van der Waals surface area (Å²) in [4.78, 5) is 11.0. The van der Waals surface area contributed by atoms with Crippen LogP contribution < -0.4 is 0 Å². The molecular formula is C10H10Cl2O. The van der Waals surface area contributed by atoms with E-state index in [-0.39, 0.29) is 5.78 Å². The van der Waals surface area contributed by atoms with Gasteiger partial charge in [0.1, 0.15) is 5.38 Å². The Morgan fingerprint density at radius 3 is 2.54 bits per heavy atom. The molecule has 0 spiro atoms. The van der Waals surface area contributed by atoms with Crippen molar-refractivity contribution in [3.8, 4) is 0 Å². The molecule has 0 saturated carbocycles. The molecule has 0 heterocycles. The van der Waals surface area contributed by atoms with Crippen LogP contribution in [0.5, 0.6) is 0 Å². The van der Waals surface area contributed by atoms with Gasteiger partial charge in [0.2, 0.25) is 0 Å². The van der Waals surface area contributed by atoms with Crippen molar-refractivity contribution in [2.75, 3.05) is 0 Å². The molecule has 0 saturated heterocycles. The Hall–Kier alpha value is -0.530. The summed E-state index contributed by atoms with van der Waals surface area (Å²) in [5.41, 5.74) is 1.74. The standard InChI is InChI=1S/C10H10Cl2O/c1-6-3-4-8(9(11)5-6)10(12)7(2)13/h3-5,10H,1-2H3. The summed E-state index contributed by atoms with van der Waals surface area (Å²) in [6.45, 7) is 3.39. The van der Waals surface area contributed by atoms with E-state index in [9.17, 15) is 4.79 Å². The van der Waals surface area contributed by atoms with Crippen LogP contribution in [0.3, 0.4) is 0 Å². The molecule has 0 radical (unpaired) electrons. The van der Waals surface area contributed by atoms with Crippen molar-refractivity contribution < 1.29 is 4.79 Å². The van der Waals surface area contributed by atoms with E-state index in [4.69, 9.17) is 23.2 Å². The van der Waals surface area contributed by atoms with Crippen LogP contribution in [0.4, 0.5) is 0 Å². The van der Waals surface area contributed by atoms with Crippen molar-refractivity contribution in [1.29, 1.82) is 0 Å². The monoisotopic (exact) mass is 216 g/mol. The van der Waals surface area contributed by atoms with E-state index in [0.29, 0.717) is 10.6 Å². The van der Waals surface area contributed by atoms with Crippen LogP contribution in [-0.2, 0) is 4.79 Å². The highest BCUT2D eigenvalue weighted by Crippen LogP contribution is 2.28.